The normalized spacial score (nSPS) is 17.0. The highest BCUT2D eigenvalue weighted by Crippen LogP contribution is 2.37. The van der Waals surface area contributed by atoms with E-state index in [1.807, 2.05) is 65.0 Å². The van der Waals surface area contributed by atoms with E-state index in [1.54, 1.807) is 24.3 Å². The van der Waals surface area contributed by atoms with E-state index in [4.69, 9.17) is 22.1 Å². The van der Waals surface area contributed by atoms with E-state index < -0.39 is 35.4 Å². The maximum Gasteiger partial charge on any atom is 0.254 e. The third kappa shape index (κ3) is 7.78. The maximum absolute atomic E-state index is 14.0. The monoisotopic (exact) mass is 634 g/mol. The molecule has 0 aromatic heterocycles. The van der Waals surface area contributed by atoms with Crippen molar-refractivity contribution in [1.82, 2.24) is 15.5 Å². The van der Waals surface area contributed by atoms with Crippen LogP contribution in [0.5, 0.6) is 5.75 Å². The lowest BCUT2D eigenvalue weighted by atomic mass is 9.84. The van der Waals surface area contributed by atoms with E-state index in [0.717, 1.165) is 22.3 Å². The van der Waals surface area contributed by atoms with Crippen molar-refractivity contribution in [1.29, 1.82) is 0 Å². The van der Waals surface area contributed by atoms with Crippen molar-refractivity contribution >= 4 is 35.0 Å². The molecule has 9 nitrogen and oxygen atoms in total. The number of likely N-dealkylation sites (tertiary alicyclic amines) is 1. The summed E-state index contributed by atoms with van der Waals surface area (Å²) >= 11 is 6.32. The average Bonchev–Trinajstić information content (AvgIpc) is 3.32. The highest BCUT2D eigenvalue weighted by Gasteiger charge is 2.49. The number of ether oxygens (including phenoxy) is 1. The van der Waals surface area contributed by atoms with Crippen molar-refractivity contribution in [2.75, 3.05) is 18.9 Å². The summed E-state index contributed by atoms with van der Waals surface area (Å²) in [6, 6.07) is 16.0. The van der Waals surface area contributed by atoms with Crippen LogP contribution in [0.15, 0.2) is 60.7 Å². The molecule has 3 aromatic carbocycles. The molecule has 3 aromatic rings. The Morgan fingerprint density at radius 2 is 1.71 bits per heavy atom. The Labute approximate surface area is 270 Å². The number of nitrogens with two attached hydrogens (primary N) is 1. The minimum atomic E-state index is -1.65. The van der Waals surface area contributed by atoms with Crippen molar-refractivity contribution in [2.24, 2.45) is 5.41 Å². The Kier molecular flexibility index (Phi) is 10.8. The van der Waals surface area contributed by atoms with E-state index in [0.29, 0.717) is 25.3 Å². The van der Waals surface area contributed by atoms with Gasteiger partial charge in [0, 0.05) is 13.1 Å². The molecular formula is C35H43ClN4O5. The Bertz CT molecular complexity index is 1520. The Morgan fingerprint density at radius 3 is 2.36 bits per heavy atom. The molecular weight excluding hydrogens is 592 g/mol. The van der Waals surface area contributed by atoms with Crippen LogP contribution in [0.25, 0.3) is 0 Å². The lowest BCUT2D eigenvalue weighted by molar-refractivity contribution is -0.148. The van der Waals surface area contributed by atoms with Crippen LogP contribution in [-0.4, -0.2) is 59.1 Å². The van der Waals surface area contributed by atoms with Gasteiger partial charge in [-0.25, -0.2) is 0 Å². The predicted molar refractivity (Wildman–Crippen MR) is 176 cm³/mol. The molecule has 4 rings (SSSR count). The van der Waals surface area contributed by atoms with Gasteiger partial charge in [-0.1, -0.05) is 61.8 Å². The Hall–Kier alpha value is -4.08. The topological polar surface area (TPSA) is 134 Å². The molecule has 1 fully saturated rings. The number of carbonyl (C=O) groups is 3. The molecule has 3 atom stereocenters. The number of anilines is 1. The molecule has 0 aliphatic carbocycles. The fraction of sp³-hybridized carbons (Fsp3) is 0.400. The summed E-state index contributed by atoms with van der Waals surface area (Å²) < 4.78 is 5.54. The molecule has 1 heterocycles. The number of benzene rings is 3. The summed E-state index contributed by atoms with van der Waals surface area (Å²) in [6.07, 6.45) is -0.948. The largest absolute Gasteiger partial charge is 0.494 e. The first-order valence-corrected chi connectivity index (χ1v) is 15.6. The summed E-state index contributed by atoms with van der Waals surface area (Å²) in [5.74, 6) is -0.833. The zero-order chi connectivity index (χ0) is 32.9. The van der Waals surface area contributed by atoms with Crippen LogP contribution in [0.3, 0.4) is 0 Å². The first kappa shape index (κ1) is 33.8. The fourth-order valence-corrected chi connectivity index (χ4v) is 6.14. The smallest absolute Gasteiger partial charge is 0.254 e. The maximum atomic E-state index is 14.0. The highest BCUT2D eigenvalue weighted by atomic mass is 35.5. The molecule has 1 aliphatic rings. The number of halogens is 1. The van der Waals surface area contributed by atoms with Crippen LogP contribution in [0, 0.1) is 19.3 Å². The number of amides is 3. The number of rotatable bonds is 11. The minimum Gasteiger partial charge on any atom is -0.494 e. The van der Waals surface area contributed by atoms with Crippen molar-refractivity contribution in [3.05, 3.63) is 93.5 Å². The molecule has 1 aliphatic heterocycles. The lowest BCUT2D eigenvalue weighted by Crippen LogP contribution is -2.57. The van der Waals surface area contributed by atoms with Gasteiger partial charge in [0.25, 0.3) is 11.8 Å². The number of nitrogens with zero attached hydrogens (tertiary/aromatic N) is 1. The van der Waals surface area contributed by atoms with Crippen molar-refractivity contribution in [3.63, 3.8) is 0 Å². The summed E-state index contributed by atoms with van der Waals surface area (Å²) in [5, 5.41) is 17.5. The van der Waals surface area contributed by atoms with E-state index in [-0.39, 0.29) is 35.1 Å². The molecule has 5 N–H and O–H groups in total. The van der Waals surface area contributed by atoms with Crippen molar-refractivity contribution in [3.8, 4) is 5.75 Å². The van der Waals surface area contributed by atoms with Crippen LogP contribution in [0.2, 0.25) is 5.02 Å². The minimum absolute atomic E-state index is 0.0811. The van der Waals surface area contributed by atoms with E-state index in [9.17, 15) is 19.5 Å². The molecule has 1 saturated heterocycles. The third-order valence-electron chi connectivity index (χ3n) is 8.58. The molecule has 0 bridgehead atoms. The van der Waals surface area contributed by atoms with E-state index in [1.165, 1.54) is 11.0 Å². The van der Waals surface area contributed by atoms with E-state index >= 15 is 0 Å². The van der Waals surface area contributed by atoms with Crippen LogP contribution in [0.4, 0.5) is 5.69 Å². The van der Waals surface area contributed by atoms with Crippen LogP contribution < -0.4 is 21.1 Å². The van der Waals surface area contributed by atoms with Gasteiger partial charge in [-0.3, -0.25) is 14.4 Å². The second-order valence-corrected chi connectivity index (χ2v) is 12.7. The zero-order valence-electron chi connectivity index (χ0n) is 26.5. The number of aliphatic hydroxyl groups is 1. The standard InChI is InChI=1S/C35H43ClN4O5/c1-6-45-24-15-13-23(14-16-24)19-28(39-32(42)25-11-8-12-27(37)29(25)36)30(41)34(44)40-18-17-35(4,5)31(40)33(43)38-20-26-21(2)9-7-10-22(26)3/h7-16,28,30-31,41H,6,17-20,37H2,1-5H3,(H,38,43)(H,39,42)/t28-,30-,31+/m0/s1. The van der Waals surface area contributed by atoms with Gasteiger partial charge < -0.3 is 31.1 Å². The third-order valence-corrected chi connectivity index (χ3v) is 9.00. The second-order valence-electron chi connectivity index (χ2n) is 12.3. The lowest BCUT2D eigenvalue weighted by Gasteiger charge is -2.34. The van der Waals surface area contributed by atoms with Gasteiger partial charge in [-0.15, -0.1) is 0 Å². The van der Waals surface area contributed by atoms with E-state index in [2.05, 4.69) is 10.6 Å². The quantitative estimate of drug-likeness (QED) is 0.228. The Morgan fingerprint density at radius 1 is 1.07 bits per heavy atom. The van der Waals surface area contributed by atoms with Gasteiger partial charge in [0.15, 0.2) is 6.10 Å². The van der Waals surface area contributed by atoms with Gasteiger partial charge in [0.1, 0.15) is 11.8 Å². The molecule has 0 saturated carbocycles. The summed E-state index contributed by atoms with van der Waals surface area (Å²) in [7, 11) is 0. The van der Waals surface area contributed by atoms with Gasteiger partial charge in [-0.05, 0) is 85.5 Å². The number of nitrogens with one attached hydrogen (secondary N) is 2. The van der Waals surface area contributed by atoms with Crippen molar-refractivity contribution < 1.29 is 24.2 Å². The molecule has 3 amide bonds. The predicted octanol–water partition coefficient (Wildman–Crippen LogP) is 4.58. The highest BCUT2D eigenvalue weighted by molar-refractivity contribution is 6.36. The number of aliphatic hydroxyl groups excluding tert-OH is 1. The summed E-state index contributed by atoms with van der Waals surface area (Å²) in [5.41, 5.74) is 9.66. The first-order chi connectivity index (χ1) is 21.3. The van der Waals surface area contributed by atoms with Crippen LogP contribution >= 0.6 is 11.6 Å². The first-order valence-electron chi connectivity index (χ1n) is 15.2. The molecule has 45 heavy (non-hydrogen) atoms. The number of hydrogen-bond acceptors (Lipinski definition) is 6. The summed E-state index contributed by atoms with van der Waals surface area (Å²) in [6.45, 7) is 10.9. The summed E-state index contributed by atoms with van der Waals surface area (Å²) in [4.78, 5) is 42.5. The van der Waals surface area contributed by atoms with Crippen LogP contribution in [-0.2, 0) is 22.6 Å². The fourth-order valence-electron chi connectivity index (χ4n) is 5.93. The average molecular weight is 635 g/mol. The SMILES string of the molecule is CCOc1ccc(C[C@H](NC(=O)c2cccc(N)c2Cl)[C@H](O)C(=O)N2CCC(C)(C)[C@H]2C(=O)NCc2c(C)cccc2C)cc1. The molecule has 240 valence electrons. The van der Waals surface area contributed by atoms with Gasteiger partial charge in [0.05, 0.1) is 28.9 Å². The number of hydrogen-bond donors (Lipinski definition) is 4. The molecule has 0 radical (unpaired) electrons. The molecule has 0 unspecified atom stereocenters. The van der Waals surface area contributed by atoms with Crippen LogP contribution in [0.1, 0.15) is 59.8 Å². The number of aryl methyl sites for hydroxylation is 2. The number of carbonyl (C=O) groups excluding carboxylic acids is 3. The van der Waals surface area contributed by atoms with Crippen molar-refractivity contribution in [2.45, 2.75) is 72.2 Å². The molecule has 0 spiro atoms. The number of nitrogen functional groups attached to an aromatic ring is 1. The van der Waals surface area contributed by atoms with Gasteiger partial charge >= 0.3 is 0 Å². The Balaban J connectivity index is 1.58. The van der Waals surface area contributed by atoms with Gasteiger partial charge in [-0.2, -0.15) is 0 Å². The van der Waals surface area contributed by atoms with Gasteiger partial charge in [0.2, 0.25) is 5.91 Å². The zero-order valence-corrected chi connectivity index (χ0v) is 27.3. The second kappa shape index (κ2) is 14.3. The molecule has 10 heteroatoms.